The van der Waals surface area contributed by atoms with Gasteiger partial charge in [0.15, 0.2) is 0 Å². The highest BCUT2D eigenvalue weighted by molar-refractivity contribution is 5.82. The van der Waals surface area contributed by atoms with Crippen molar-refractivity contribution in [3.05, 3.63) is 11.4 Å². The van der Waals surface area contributed by atoms with Gasteiger partial charge in [0, 0.05) is 39.2 Å². The van der Waals surface area contributed by atoms with E-state index < -0.39 is 0 Å². The van der Waals surface area contributed by atoms with E-state index in [9.17, 15) is 4.79 Å². The van der Waals surface area contributed by atoms with E-state index in [-0.39, 0.29) is 5.91 Å². The average molecular weight is 277 g/mol. The monoisotopic (exact) mass is 277 g/mol. The largest absolute Gasteiger partial charge is 0.373 e. The first-order valence-corrected chi connectivity index (χ1v) is 7.11. The van der Waals surface area contributed by atoms with Crippen molar-refractivity contribution in [1.82, 2.24) is 14.9 Å². The number of aryl methyl sites for hydroxylation is 1. The Morgan fingerprint density at radius 2 is 2.05 bits per heavy atom. The van der Waals surface area contributed by atoms with Crippen LogP contribution in [-0.4, -0.2) is 54.5 Å². The number of aromatic nitrogens is 2. The van der Waals surface area contributed by atoms with Crippen LogP contribution in [0.4, 0.5) is 11.6 Å². The van der Waals surface area contributed by atoms with Crippen molar-refractivity contribution in [2.75, 3.05) is 43.9 Å². The fraction of sp³-hybridized carbons (Fsp3) is 0.643. The molecule has 2 heterocycles. The number of hydrogen-bond donors (Lipinski definition) is 1. The zero-order valence-electron chi connectivity index (χ0n) is 12.7. The summed E-state index contributed by atoms with van der Waals surface area (Å²) < 4.78 is 0. The molecule has 0 aromatic carbocycles. The molecule has 1 aromatic heterocycles. The lowest BCUT2D eigenvalue weighted by molar-refractivity contribution is -0.127. The third kappa shape index (κ3) is 2.84. The highest BCUT2D eigenvalue weighted by atomic mass is 16.2. The molecule has 0 bridgehead atoms. The first kappa shape index (κ1) is 14.6. The summed E-state index contributed by atoms with van der Waals surface area (Å²) in [5.41, 5.74) is 1.00. The smallest absolute Gasteiger partial charge is 0.241 e. The Labute approximate surface area is 120 Å². The fourth-order valence-corrected chi connectivity index (χ4v) is 2.43. The van der Waals surface area contributed by atoms with E-state index in [4.69, 9.17) is 0 Å². The number of carbonyl (C=O) groups excluding carboxylic acids is 1. The van der Waals surface area contributed by atoms with E-state index in [0.29, 0.717) is 6.54 Å². The number of nitrogens with zero attached hydrogens (tertiary/aromatic N) is 4. The van der Waals surface area contributed by atoms with Gasteiger partial charge in [-0.05, 0) is 13.3 Å². The molecule has 20 heavy (non-hydrogen) atoms. The second kappa shape index (κ2) is 6.07. The molecule has 1 aromatic rings. The average Bonchev–Trinajstić information content (AvgIpc) is 2.61. The maximum Gasteiger partial charge on any atom is 0.241 e. The zero-order valence-corrected chi connectivity index (χ0v) is 12.7. The summed E-state index contributed by atoms with van der Waals surface area (Å²) in [7, 11) is 3.72. The molecule has 0 radical (unpaired) electrons. The number of amides is 1. The molecule has 110 valence electrons. The Kier molecular flexibility index (Phi) is 4.42. The molecule has 0 aliphatic carbocycles. The molecule has 1 aliphatic heterocycles. The number of carbonyl (C=O) groups is 1. The molecule has 1 amide bonds. The number of hydrogen-bond acceptors (Lipinski definition) is 5. The van der Waals surface area contributed by atoms with Crippen molar-refractivity contribution in [1.29, 1.82) is 0 Å². The lowest BCUT2D eigenvalue weighted by atomic mass is 10.2. The first-order chi connectivity index (χ1) is 9.56. The van der Waals surface area contributed by atoms with Gasteiger partial charge in [0.25, 0.3) is 0 Å². The number of rotatable bonds is 3. The van der Waals surface area contributed by atoms with Crippen molar-refractivity contribution < 1.29 is 4.79 Å². The molecule has 6 heteroatoms. The van der Waals surface area contributed by atoms with Crippen LogP contribution in [0.3, 0.4) is 0 Å². The minimum atomic E-state index is 0.143. The van der Waals surface area contributed by atoms with E-state index in [1.807, 2.05) is 27.9 Å². The van der Waals surface area contributed by atoms with Crippen LogP contribution in [0.1, 0.15) is 24.7 Å². The Morgan fingerprint density at radius 1 is 1.30 bits per heavy atom. The Balaban J connectivity index is 2.37. The van der Waals surface area contributed by atoms with Crippen LogP contribution >= 0.6 is 0 Å². The van der Waals surface area contributed by atoms with Gasteiger partial charge in [-0.25, -0.2) is 9.97 Å². The Hall–Kier alpha value is -1.85. The van der Waals surface area contributed by atoms with Gasteiger partial charge in [0.2, 0.25) is 5.91 Å². The van der Waals surface area contributed by atoms with Crippen LogP contribution in [0.2, 0.25) is 0 Å². The summed E-state index contributed by atoms with van der Waals surface area (Å²) in [6.07, 6.45) is 1.74. The zero-order chi connectivity index (χ0) is 14.7. The van der Waals surface area contributed by atoms with E-state index in [0.717, 1.165) is 49.0 Å². The highest BCUT2D eigenvalue weighted by Crippen LogP contribution is 2.24. The van der Waals surface area contributed by atoms with Crippen LogP contribution < -0.4 is 10.2 Å². The van der Waals surface area contributed by atoms with Gasteiger partial charge in [0.1, 0.15) is 17.5 Å². The van der Waals surface area contributed by atoms with Crippen molar-refractivity contribution in [3.63, 3.8) is 0 Å². The van der Waals surface area contributed by atoms with E-state index in [1.54, 1.807) is 4.90 Å². The third-order valence-electron chi connectivity index (χ3n) is 3.69. The molecular formula is C14H23N5O. The lowest BCUT2D eigenvalue weighted by Gasteiger charge is -2.24. The summed E-state index contributed by atoms with van der Waals surface area (Å²) in [5.74, 6) is 2.67. The molecule has 0 saturated carbocycles. The predicted molar refractivity (Wildman–Crippen MR) is 80.2 cm³/mol. The summed E-state index contributed by atoms with van der Waals surface area (Å²) >= 11 is 0. The number of likely N-dealkylation sites (N-methyl/N-ethyl adjacent to an activating group) is 1. The van der Waals surface area contributed by atoms with Gasteiger partial charge in [-0.3, -0.25) is 4.79 Å². The van der Waals surface area contributed by atoms with Crippen LogP contribution in [0.25, 0.3) is 0 Å². The minimum absolute atomic E-state index is 0.143. The second-order valence-corrected chi connectivity index (χ2v) is 5.13. The maximum absolute atomic E-state index is 12.0. The van der Waals surface area contributed by atoms with Gasteiger partial charge in [-0.1, -0.05) is 6.92 Å². The maximum atomic E-state index is 12.0. The minimum Gasteiger partial charge on any atom is -0.373 e. The van der Waals surface area contributed by atoms with Crippen molar-refractivity contribution >= 4 is 17.5 Å². The van der Waals surface area contributed by atoms with Crippen LogP contribution in [-0.2, 0) is 11.2 Å². The summed E-state index contributed by atoms with van der Waals surface area (Å²) in [6, 6.07) is 0. The number of anilines is 2. The third-order valence-corrected chi connectivity index (χ3v) is 3.69. The molecule has 6 nitrogen and oxygen atoms in total. The van der Waals surface area contributed by atoms with Gasteiger partial charge >= 0.3 is 0 Å². The standard InChI is InChI=1S/C14H23N5O/c1-5-11-16-13(15-3)10(2)14(17-11)19-8-6-7-18(4)12(20)9-19/h5-9H2,1-4H3,(H,15,16,17). The topological polar surface area (TPSA) is 61.4 Å². The molecule has 0 atom stereocenters. The van der Waals surface area contributed by atoms with Crippen LogP contribution in [0, 0.1) is 6.92 Å². The summed E-state index contributed by atoms with van der Waals surface area (Å²) in [4.78, 5) is 25.0. The molecular weight excluding hydrogens is 254 g/mol. The van der Waals surface area contributed by atoms with Crippen molar-refractivity contribution in [3.8, 4) is 0 Å². The summed E-state index contributed by atoms with van der Waals surface area (Å²) in [6.45, 7) is 6.08. The Bertz CT molecular complexity index is 503. The van der Waals surface area contributed by atoms with Crippen molar-refractivity contribution in [2.45, 2.75) is 26.7 Å². The molecule has 0 spiro atoms. The predicted octanol–water partition coefficient (Wildman–Crippen LogP) is 1.06. The Morgan fingerprint density at radius 3 is 2.70 bits per heavy atom. The molecule has 1 fully saturated rings. The van der Waals surface area contributed by atoms with Crippen LogP contribution in [0.15, 0.2) is 0 Å². The highest BCUT2D eigenvalue weighted by Gasteiger charge is 2.22. The molecule has 1 saturated heterocycles. The van der Waals surface area contributed by atoms with Crippen LogP contribution in [0.5, 0.6) is 0 Å². The fourth-order valence-electron chi connectivity index (χ4n) is 2.43. The second-order valence-electron chi connectivity index (χ2n) is 5.13. The molecule has 0 unspecified atom stereocenters. The summed E-state index contributed by atoms with van der Waals surface area (Å²) in [5, 5.41) is 3.11. The molecule has 1 N–H and O–H groups in total. The van der Waals surface area contributed by atoms with Gasteiger partial charge in [0.05, 0.1) is 6.54 Å². The quantitative estimate of drug-likeness (QED) is 0.895. The molecule has 1 aliphatic rings. The SMILES string of the molecule is CCc1nc(NC)c(C)c(N2CCCN(C)C(=O)C2)n1. The van der Waals surface area contributed by atoms with Gasteiger partial charge < -0.3 is 15.1 Å². The number of nitrogens with one attached hydrogen (secondary N) is 1. The van der Waals surface area contributed by atoms with E-state index in [2.05, 4.69) is 20.2 Å². The normalized spacial score (nSPS) is 16.3. The van der Waals surface area contributed by atoms with E-state index >= 15 is 0 Å². The van der Waals surface area contributed by atoms with Gasteiger partial charge in [-0.15, -0.1) is 0 Å². The van der Waals surface area contributed by atoms with Crippen molar-refractivity contribution in [2.24, 2.45) is 0 Å². The molecule has 2 rings (SSSR count). The first-order valence-electron chi connectivity index (χ1n) is 7.11. The van der Waals surface area contributed by atoms with Gasteiger partial charge in [-0.2, -0.15) is 0 Å². The van der Waals surface area contributed by atoms with E-state index in [1.165, 1.54) is 0 Å². The lowest BCUT2D eigenvalue weighted by Crippen LogP contribution is -2.35.